The quantitative estimate of drug-likeness (QED) is 0.317. The van der Waals surface area contributed by atoms with Crippen LogP contribution in [-0.2, 0) is 14.1 Å². The summed E-state index contributed by atoms with van der Waals surface area (Å²) in [7, 11) is -1.75. The zero-order valence-electron chi connectivity index (χ0n) is 15.3. The highest BCUT2D eigenvalue weighted by atomic mass is 32.2. The molecule has 0 heterocycles. The van der Waals surface area contributed by atoms with Crippen LogP contribution >= 0.6 is 19.6 Å². The molecule has 5 heteroatoms. The molecular formula is C20H26O3PS+. The largest absolute Gasteiger partial charge is 0.462 e. The molecule has 134 valence electrons. The van der Waals surface area contributed by atoms with Gasteiger partial charge in [0, 0.05) is 11.3 Å². The fraction of sp³-hybridized carbons (Fsp3) is 0.450. The smallest absolute Gasteiger partial charge is 0.367 e. The minimum absolute atomic E-state index is 0.274. The van der Waals surface area contributed by atoms with Gasteiger partial charge in [-0.2, -0.15) is 0 Å². The van der Waals surface area contributed by atoms with E-state index < -0.39 is 13.0 Å². The van der Waals surface area contributed by atoms with E-state index in [4.69, 9.17) is 4.74 Å². The molecule has 3 nitrogen and oxygen atoms in total. The number of carbonyl (C=O) groups excluding carboxylic acids is 1. The minimum Gasteiger partial charge on any atom is -0.462 e. The maximum Gasteiger partial charge on any atom is 0.367 e. The average molecular weight is 377 g/mol. The summed E-state index contributed by atoms with van der Waals surface area (Å²) in [5, 5.41) is 1.38. The predicted molar refractivity (Wildman–Crippen MR) is 107 cm³/mol. The highest BCUT2D eigenvalue weighted by molar-refractivity contribution is 8.04. The highest BCUT2D eigenvalue weighted by Crippen LogP contribution is 2.48. The Morgan fingerprint density at radius 2 is 1.88 bits per heavy atom. The lowest BCUT2D eigenvalue weighted by atomic mass is 9.98. The van der Waals surface area contributed by atoms with Gasteiger partial charge in [0.05, 0.1) is 6.61 Å². The molecule has 0 saturated heterocycles. The third-order valence-corrected chi connectivity index (χ3v) is 7.75. The van der Waals surface area contributed by atoms with Crippen LogP contribution in [0.3, 0.4) is 0 Å². The van der Waals surface area contributed by atoms with Gasteiger partial charge in [-0.1, -0.05) is 66.6 Å². The molecule has 0 aliphatic rings. The second kappa shape index (κ2) is 8.82. The fourth-order valence-corrected chi connectivity index (χ4v) is 6.48. The summed E-state index contributed by atoms with van der Waals surface area (Å²) in [4.78, 5) is 13.5. The average Bonchev–Trinajstić information content (AvgIpc) is 2.59. The molecule has 0 aromatic heterocycles. The number of carbonyl (C=O) groups is 1. The molecule has 0 aliphatic heterocycles. The van der Waals surface area contributed by atoms with E-state index in [1.54, 1.807) is 25.6 Å². The number of hydrogen-bond donors (Lipinski definition) is 0. The van der Waals surface area contributed by atoms with E-state index >= 15 is 0 Å². The summed E-state index contributed by atoms with van der Waals surface area (Å²) in [6, 6.07) is 14.3. The number of hydrogen-bond acceptors (Lipinski definition) is 4. The molecule has 0 radical (unpaired) electrons. The van der Waals surface area contributed by atoms with Crippen LogP contribution in [0, 0.1) is 5.92 Å². The van der Waals surface area contributed by atoms with Crippen molar-refractivity contribution in [3.63, 3.8) is 0 Å². The molecule has 0 amide bonds. The Bertz CT molecular complexity index is 754. The fourth-order valence-electron chi connectivity index (χ4n) is 2.96. The lowest BCUT2D eigenvalue weighted by molar-refractivity contribution is -0.146. The van der Waals surface area contributed by atoms with Crippen molar-refractivity contribution >= 4 is 36.3 Å². The standard InChI is InChI=1S/C20H26O3PS/c1-5-23-19(21)20(4,13-15(2)3)24(22)14-25-18-12-8-10-16-9-6-7-11-17(16)18/h6-12,15H,5,13-14H2,1-4H3/q+1. The number of esters is 1. The van der Waals surface area contributed by atoms with Crippen LogP contribution in [0.4, 0.5) is 0 Å². The Hall–Kier alpha value is -1.38. The van der Waals surface area contributed by atoms with Gasteiger partial charge >= 0.3 is 13.8 Å². The molecule has 0 bridgehead atoms. The Morgan fingerprint density at radius 1 is 1.20 bits per heavy atom. The van der Waals surface area contributed by atoms with Crippen molar-refractivity contribution < 1.29 is 14.1 Å². The first-order valence-electron chi connectivity index (χ1n) is 8.61. The van der Waals surface area contributed by atoms with Gasteiger partial charge in [0.25, 0.3) is 5.16 Å². The monoisotopic (exact) mass is 377 g/mol. The first-order chi connectivity index (χ1) is 11.9. The topological polar surface area (TPSA) is 43.4 Å². The van der Waals surface area contributed by atoms with Crippen LogP contribution in [-0.4, -0.2) is 23.2 Å². The van der Waals surface area contributed by atoms with E-state index in [-0.39, 0.29) is 11.9 Å². The zero-order chi connectivity index (χ0) is 18.4. The molecule has 0 spiro atoms. The molecule has 0 N–H and O–H groups in total. The van der Waals surface area contributed by atoms with E-state index in [0.717, 1.165) is 15.7 Å². The van der Waals surface area contributed by atoms with Crippen molar-refractivity contribution in [1.29, 1.82) is 0 Å². The van der Waals surface area contributed by atoms with Gasteiger partial charge < -0.3 is 4.74 Å². The van der Waals surface area contributed by atoms with E-state index in [9.17, 15) is 9.36 Å². The van der Waals surface area contributed by atoms with Crippen LogP contribution in [0.15, 0.2) is 47.4 Å². The number of benzene rings is 2. The molecule has 2 aromatic carbocycles. The molecular weight excluding hydrogens is 351 g/mol. The van der Waals surface area contributed by atoms with Gasteiger partial charge in [-0.15, -0.1) is 0 Å². The van der Waals surface area contributed by atoms with E-state index in [1.807, 2.05) is 38.1 Å². The Kier molecular flexibility index (Phi) is 7.04. The number of ether oxygens (including phenoxy) is 1. The van der Waals surface area contributed by atoms with Gasteiger partial charge in [-0.25, -0.2) is 4.79 Å². The maximum atomic E-state index is 13.1. The van der Waals surface area contributed by atoms with Gasteiger partial charge in [-0.05, 0) is 36.6 Å². The SMILES string of the molecule is CCOC(=O)C(C)(CC(C)C)[P+](=O)CSc1cccc2ccccc12. The van der Waals surface area contributed by atoms with Crippen LogP contribution in [0.5, 0.6) is 0 Å². The van der Waals surface area contributed by atoms with Crippen LogP contribution < -0.4 is 0 Å². The molecule has 2 rings (SSSR count). The highest BCUT2D eigenvalue weighted by Gasteiger charge is 2.52. The van der Waals surface area contributed by atoms with E-state index in [2.05, 4.69) is 18.2 Å². The first kappa shape index (κ1) is 19.9. The van der Waals surface area contributed by atoms with Gasteiger partial charge in [0.15, 0.2) is 5.49 Å². The molecule has 2 atom stereocenters. The van der Waals surface area contributed by atoms with Gasteiger partial charge in [0.1, 0.15) is 0 Å². The van der Waals surface area contributed by atoms with Crippen molar-refractivity contribution in [2.45, 2.75) is 44.2 Å². The Morgan fingerprint density at radius 3 is 2.56 bits per heavy atom. The summed E-state index contributed by atoms with van der Waals surface area (Å²) >= 11 is 1.56. The lowest BCUT2D eigenvalue weighted by Gasteiger charge is -2.19. The van der Waals surface area contributed by atoms with Crippen molar-refractivity contribution in [3.05, 3.63) is 42.5 Å². The Balaban J connectivity index is 2.19. The van der Waals surface area contributed by atoms with Crippen LogP contribution in [0.2, 0.25) is 0 Å². The number of fused-ring (bicyclic) bond motifs is 1. The molecule has 25 heavy (non-hydrogen) atoms. The number of thioether (sulfide) groups is 1. The lowest BCUT2D eigenvalue weighted by Crippen LogP contribution is -2.35. The normalized spacial score (nSPS) is 14.4. The van der Waals surface area contributed by atoms with Gasteiger partial charge in [-0.3, -0.25) is 0 Å². The maximum absolute atomic E-state index is 13.1. The summed E-state index contributed by atoms with van der Waals surface area (Å²) in [6.07, 6.45) is 0.567. The number of rotatable bonds is 8. The third-order valence-electron chi connectivity index (χ3n) is 4.16. The van der Waals surface area contributed by atoms with Crippen LogP contribution in [0.1, 0.15) is 34.1 Å². The van der Waals surface area contributed by atoms with Crippen LogP contribution in [0.25, 0.3) is 10.8 Å². The molecule has 0 saturated carbocycles. The summed E-state index contributed by atoms with van der Waals surface area (Å²) in [5.74, 6) is -0.0701. The molecule has 2 unspecified atom stereocenters. The third kappa shape index (κ3) is 4.83. The summed E-state index contributed by atoms with van der Waals surface area (Å²) < 4.78 is 18.3. The summed E-state index contributed by atoms with van der Waals surface area (Å²) in [5.41, 5.74) is 0.408. The minimum atomic E-state index is -1.75. The van der Waals surface area contributed by atoms with E-state index in [0.29, 0.717) is 18.5 Å². The molecule has 0 aliphatic carbocycles. The van der Waals surface area contributed by atoms with E-state index in [1.165, 1.54) is 0 Å². The van der Waals surface area contributed by atoms with Crippen molar-refractivity contribution in [2.24, 2.45) is 5.92 Å². The van der Waals surface area contributed by atoms with Crippen molar-refractivity contribution in [2.75, 3.05) is 12.1 Å². The second-order valence-electron chi connectivity index (χ2n) is 6.72. The second-order valence-corrected chi connectivity index (χ2v) is 10.2. The molecule has 2 aromatic rings. The molecule has 0 fully saturated rings. The first-order valence-corrected chi connectivity index (χ1v) is 11.0. The summed E-state index contributed by atoms with van der Waals surface area (Å²) in [6.45, 7) is 7.96. The predicted octanol–water partition coefficient (Wildman–Crippen LogP) is 6.08. The zero-order valence-corrected chi connectivity index (χ0v) is 17.0. The Labute approximate surface area is 155 Å². The van der Waals surface area contributed by atoms with Gasteiger partial charge in [0.2, 0.25) is 0 Å². The van der Waals surface area contributed by atoms with Crippen molar-refractivity contribution in [3.8, 4) is 0 Å². The van der Waals surface area contributed by atoms with Crippen molar-refractivity contribution in [1.82, 2.24) is 0 Å².